The highest BCUT2D eigenvalue weighted by Crippen LogP contribution is 2.15. The maximum Gasteiger partial charge on any atom is 0.234 e. The van der Waals surface area contributed by atoms with Crippen molar-refractivity contribution in [3.05, 3.63) is 72.8 Å². The molecule has 1 aliphatic heterocycles. The van der Waals surface area contributed by atoms with Crippen molar-refractivity contribution >= 4 is 11.9 Å². The number of rotatable bonds is 7. The summed E-state index contributed by atoms with van der Waals surface area (Å²) in [6.07, 6.45) is 7.17. The van der Waals surface area contributed by atoms with Crippen LogP contribution in [0.5, 0.6) is 0 Å². The first-order chi connectivity index (χ1) is 14.3. The van der Waals surface area contributed by atoms with Crippen LogP contribution in [0.25, 0.3) is 0 Å². The van der Waals surface area contributed by atoms with Crippen LogP contribution in [-0.4, -0.2) is 63.3 Å². The lowest BCUT2D eigenvalue weighted by Gasteiger charge is -2.34. The molecular weight excluding hydrogens is 366 g/mol. The third kappa shape index (κ3) is 5.17. The van der Waals surface area contributed by atoms with Crippen LogP contribution in [-0.2, 0) is 11.3 Å². The lowest BCUT2D eigenvalue weighted by atomic mass is 10.1. The molecule has 3 aromatic rings. The SMILES string of the molecule is O=C(CN1CCN(c2ncccn2)CC1)N[C@@H](Cn1cccn1)c1ccccc1. The number of aromatic nitrogens is 4. The van der Waals surface area contributed by atoms with E-state index in [4.69, 9.17) is 0 Å². The molecule has 1 aromatic carbocycles. The molecule has 1 N–H and O–H groups in total. The Balaban J connectivity index is 1.32. The van der Waals surface area contributed by atoms with Gasteiger partial charge in [-0.25, -0.2) is 9.97 Å². The van der Waals surface area contributed by atoms with Gasteiger partial charge in [0.2, 0.25) is 11.9 Å². The van der Waals surface area contributed by atoms with Gasteiger partial charge in [-0.1, -0.05) is 30.3 Å². The highest BCUT2D eigenvalue weighted by molar-refractivity contribution is 5.78. The van der Waals surface area contributed by atoms with Crippen molar-refractivity contribution in [3.63, 3.8) is 0 Å². The normalized spacial score (nSPS) is 15.8. The number of piperazine rings is 1. The van der Waals surface area contributed by atoms with Crippen LogP contribution in [0, 0.1) is 0 Å². The van der Waals surface area contributed by atoms with E-state index in [1.807, 2.05) is 53.3 Å². The molecule has 1 fully saturated rings. The Morgan fingerprint density at radius 2 is 1.72 bits per heavy atom. The van der Waals surface area contributed by atoms with Crippen molar-refractivity contribution in [1.82, 2.24) is 30.0 Å². The standard InChI is InChI=1S/C21H25N7O/c29-20(17-26-12-14-27(15-13-26)21-22-8-4-9-23-21)25-19(16-28-11-5-10-24-28)18-6-2-1-3-7-18/h1-11,19H,12-17H2,(H,25,29)/t19-/m0/s1. The van der Waals surface area contributed by atoms with E-state index in [2.05, 4.69) is 30.2 Å². The van der Waals surface area contributed by atoms with Crippen molar-refractivity contribution in [3.8, 4) is 0 Å². The number of carbonyl (C=O) groups excluding carboxylic acids is 1. The predicted molar refractivity (Wildman–Crippen MR) is 110 cm³/mol. The number of amides is 1. The van der Waals surface area contributed by atoms with Crippen molar-refractivity contribution < 1.29 is 4.79 Å². The van der Waals surface area contributed by atoms with Gasteiger partial charge in [0.1, 0.15) is 0 Å². The Kier molecular flexibility index (Phi) is 6.11. The first kappa shape index (κ1) is 19.1. The monoisotopic (exact) mass is 391 g/mol. The van der Waals surface area contributed by atoms with Crippen molar-refractivity contribution in [1.29, 1.82) is 0 Å². The minimum atomic E-state index is -0.123. The fourth-order valence-electron chi connectivity index (χ4n) is 3.52. The molecule has 0 aliphatic carbocycles. The van der Waals surface area contributed by atoms with Crippen LogP contribution in [0.15, 0.2) is 67.3 Å². The summed E-state index contributed by atoms with van der Waals surface area (Å²) in [4.78, 5) is 25.7. The first-order valence-corrected chi connectivity index (χ1v) is 9.84. The Morgan fingerprint density at radius 1 is 0.966 bits per heavy atom. The Bertz CT molecular complexity index is 878. The molecule has 0 bridgehead atoms. The molecule has 0 radical (unpaired) electrons. The molecule has 1 saturated heterocycles. The summed E-state index contributed by atoms with van der Waals surface area (Å²) in [6.45, 7) is 4.22. The van der Waals surface area contributed by atoms with Gasteiger partial charge in [-0.15, -0.1) is 0 Å². The highest BCUT2D eigenvalue weighted by atomic mass is 16.2. The van der Waals surface area contributed by atoms with E-state index in [1.165, 1.54) is 0 Å². The third-order valence-corrected chi connectivity index (χ3v) is 5.04. The lowest BCUT2D eigenvalue weighted by Crippen LogP contribution is -2.50. The van der Waals surface area contributed by atoms with Gasteiger partial charge in [-0.05, 0) is 17.7 Å². The van der Waals surface area contributed by atoms with Crippen LogP contribution in [0.1, 0.15) is 11.6 Å². The van der Waals surface area contributed by atoms with Gasteiger partial charge in [0.15, 0.2) is 0 Å². The summed E-state index contributed by atoms with van der Waals surface area (Å²) in [7, 11) is 0. The van der Waals surface area contributed by atoms with Crippen molar-refractivity contribution in [2.24, 2.45) is 0 Å². The molecule has 29 heavy (non-hydrogen) atoms. The maximum atomic E-state index is 12.8. The second-order valence-corrected chi connectivity index (χ2v) is 7.07. The Labute approximate surface area is 170 Å². The molecule has 3 heterocycles. The van der Waals surface area contributed by atoms with Crippen LogP contribution >= 0.6 is 0 Å². The molecule has 8 heteroatoms. The number of hydrogen-bond acceptors (Lipinski definition) is 6. The molecule has 1 amide bonds. The molecule has 8 nitrogen and oxygen atoms in total. The fourth-order valence-corrected chi connectivity index (χ4v) is 3.52. The Hall–Kier alpha value is -3.26. The third-order valence-electron chi connectivity index (χ3n) is 5.04. The minimum Gasteiger partial charge on any atom is -0.346 e. The number of nitrogens with zero attached hydrogens (tertiary/aromatic N) is 6. The van der Waals surface area contributed by atoms with E-state index in [0.717, 1.165) is 37.7 Å². The quantitative estimate of drug-likeness (QED) is 0.655. The summed E-state index contributed by atoms with van der Waals surface area (Å²) >= 11 is 0. The van der Waals surface area contributed by atoms with Gasteiger partial charge in [0, 0.05) is 51.0 Å². The van der Waals surface area contributed by atoms with E-state index in [0.29, 0.717) is 13.1 Å². The lowest BCUT2D eigenvalue weighted by molar-refractivity contribution is -0.123. The number of anilines is 1. The molecular formula is C21H25N7O. The van der Waals surface area contributed by atoms with Gasteiger partial charge in [-0.2, -0.15) is 5.10 Å². The highest BCUT2D eigenvalue weighted by Gasteiger charge is 2.22. The van der Waals surface area contributed by atoms with Crippen molar-refractivity contribution in [2.45, 2.75) is 12.6 Å². The Morgan fingerprint density at radius 3 is 2.41 bits per heavy atom. The fraction of sp³-hybridized carbons (Fsp3) is 0.333. The summed E-state index contributed by atoms with van der Waals surface area (Å²) in [6, 6.07) is 13.6. The number of hydrogen-bond donors (Lipinski definition) is 1. The van der Waals surface area contributed by atoms with E-state index in [1.54, 1.807) is 18.6 Å². The molecule has 0 unspecified atom stereocenters. The molecule has 4 rings (SSSR count). The van der Waals surface area contributed by atoms with Crippen LogP contribution in [0.4, 0.5) is 5.95 Å². The van der Waals surface area contributed by atoms with Crippen LogP contribution in [0.2, 0.25) is 0 Å². The van der Waals surface area contributed by atoms with Gasteiger partial charge < -0.3 is 10.2 Å². The molecule has 1 atom stereocenters. The largest absolute Gasteiger partial charge is 0.346 e. The maximum absolute atomic E-state index is 12.8. The summed E-state index contributed by atoms with van der Waals surface area (Å²) in [5, 5.41) is 7.46. The van der Waals surface area contributed by atoms with Gasteiger partial charge in [0.05, 0.1) is 19.1 Å². The summed E-state index contributed by atoms with van der Waals surface area (Å²) in [5.74, 6) is 0.774. The molecule has 0 spiro atoms. The first-order valence-electron chi connectivity index (χ1n) is 9.84. The zero-order valence-electron chi connectivity index (χ0n) is 16.3. The number of carbonyl (C=O) groups is 1. The van der Waals surface area contributed by atoms with Gasteiger partial charge >= 0.3 is 0 Å². The van der Waals surface area contributed by atoms with E-state index in [-0.39, 0.29) is 11.9 Å². The van der Waals surface area contributed by atoms with Crippen LogP contribution in [0.3, 0.4) is 0 Å². The van der Waals surface area contributed by atoms with Crippen molar-refractivity contribution in [2.75, 3.05) is 37.6 Å². The van der Waals surface area contributed by atoms with E-state index >= 15 is 0 Å². The second kappa shape index (κ2) is 9.29. The van der Waals surface area contributed by atoms with E-state index < -0.39 is 0 Å². The molecule has 0 saturated carbocycles. The van der Waals surface area contributed by atoms with E-state index in [9.17, 15) is 4.79 Å². The smallest absolute Gasteiger partial charge is 0.234 e. The zero-order chi connectivity index (χ0) is 19.9. The summed E-state index contributed by atoms with van der Waals surface area (Å²) in [5.41, 5.74) is 1.07. The zero-order valence-corrected chi connectivity index (χ0v) is 16.3. The minimum absolute atomic E-state index is 0.0235. The average molecular weight is 391 g/mol. The predicted octanol–water partition coefficient (Wildman–Crippen LogP) is 1.35. The van der Waals surface area contributed by atoms with Gasteiger partial charge in [0.25, 0.3) is 0 Å². The number of benzene rings is 1. The topological polar surface area (TPSA) is 79.2 Å². The molecule has 1 aliphatic rings. The second-order valence-electron chi connectivity index (χ2n) is 7.07. The summed E-state index contributed by atoms with van der Waals surface area (Å²) < 4.78 is 1.84. The van der Waals surface area contributed by atoms with Gasteiger partial charge in [-0.3, -0.25) is 14.4 Å². The molecule has 150 valence electrons. The number of nitrogens with one attached hydrogen (secondary N) is 1. The average Bonchev–Trinajstić information content (AvgIpc) is 3.28. The van der Waals surface area contributed by atoms with Crippen LogP contribution < -0.4 is 10.2 Å². The molecule has 2 aromatic heterocycles.